The lowest BCUT2D eigenvalue weighted by Gasteiger charge is -2.10. The molecule has 4 nitrogen and oxygen atoms in total. The fourth-order valence-electron chi connectivity index (χ4n) is 1.76. The normalized spacial score (nSPS) is 9.90. The predicted molar refractivity (Wildman–Crippen MR) is 75.7 cm³/mol. The lowest BCUT2D eigenvalue weighted by molar-refractivity contribution is 0.111. The van der Waals surface area contributed by atoms with Gasteiger partial charge >= 0.3 is 0 Å². The Hall–Kier alpha value is -2.49. The van der Waals surface area contributed by atoms with Gasteiger partial charge in [-0.15, -0.1) is 0 Å². The number of carbonyl (C=O) groups is 1. The van der Waals surface area contributed by atoms with E-state index >= 15 is 0 Å². The second-order valence-electron chi connectivity index (χ2n) is 4.16. The van der Waals surface area contributed by atoms with E-state index in [4.69, 9.17) is 14.2 Å². The Labute approximate surface area is 117 Å². The van der Waals surface area contributed by atoms with E-state index in [0.717, 1.165) is 17.6 Å². The largest absolute Gasteiger partial charge is 0.497 e. The molecule has 20 heavy (non-hydrogen) atoms. The van der Waals surface area contributed by atoms with Gasteiger partial charge in [-0.05, 0) is 35.9 Å². The zero-order valence-electron chi connectivity index (χ0n) is 11.5. The Kier molecular flexibility index (Phi) is 4.60. The number of carbonyl (C=O) groups excluding carboxylic acids is 1. The summed E-state index contributed by atoms with van der Waals surface area (Å²) in [6.45, 7) is 0.386. The highest BCUT2D eigenvalue weighted by atomic mass is 16.5. The molecule has 2 rings (SSSR count). The second-order valence-corrected chi connectivity index (χ2v) is 4.16. The van der Waals surface area contributed by atoms with E-state index in [0.29, 0.717) is 23.7 Å². The van der Waals surface area contributed by atoms with Gasteiger partial charge in [-0.1, -0.05) is 12.1 Å². The standard InChI is InChI=1S/C16H16O4/c1-18-14-5-3-12(4-6-14)11-20-16-8-7-15(19-2)9-13(16)10-17/h3-10H,11H2,1-2H3. The van der Waals surface area contributed by atoms with Crippen molar-refractivity contribution in [3.63, 3.8) is 0 Å². The van der Waals surface area contributed by atoms with Gasteiger partial charge in [-0.3, -0.25) is 4.79 Å². The summed E-state index contributed by atoms with van der Waals surface area (Å²) in [5.74, 6) is 1.97. The number of ether oxygens (including phenoxy) is 3. The Morgan fingerprint density at radius 2 is 1.60 bits per heavy atom. The SMILES string of the molecule is COc1ccc(COc2ccc(OC)cc2C=O)cc1. The molecule has 0 bridgehead atoms. The smallest absolute Gasteiger partial charge is 0.153 e. The van der Waals surface area contributed by atoms with Crippen LogP contribution in [0.5, 0.6) is 17.2 Å². The Balaban J connectivity index is 2.07. The molecule has 0 amide bonds. The molecule has 2 aromatic carbocycles. The molecule has 2 aromatic rings. The second kappa shape index (κ2) is 6.61. The number of aldehydes is 1. The van der Waals surface area contributed by atoms with Crippen LogP contribution in [0.25, 0.3) is 0 Å². The molecule has 0 spiro atoms. The summed E-state index contributed by atoms with van der Waals surface area (Å²) in [4.78, 5) is 11.0. The van der Waals surface area contributed by atoms with Crippen LogP contribution in [-0.2, 0) is 6.61 Å². The number of benzene rings is 2. The summed E-state index contributed by atoms with van der Waals surface area (Å²) in [6.07, 6.45) is 0.756. The van der Waals surface area contributed by atoms with Crippen LogP contribution >= 0.6 is 0 Å². The van der Waals surface area contributed by atoms with Gasteiger partial charge in [-0.25, -0.2) is 0 Å². The minimum Gasteiger partial charge on any atom is -0.497 e. The molecule has 4 heteroatoms. The Morgan fingerprint density at radius 1 is 0.950 bits per heavy atom. The molecule has 0 aliphatic rings. The number of rotatable bonds is 6. The van der Waals surface area contributed by atoms with Crippen molar-refractivity contribution in [2.75, 3.05) is 14.2 Å². The summed E-state index contributed by atoms with van der Waals surface area (Å²) in [5, 5.41) is 0. The molecule has 0 heterocycles. The number of hydrogen-bond donors (Lipinski definition) is 0. The molecule has 0 N–H and O–H groups in total. The molecule has 0 radical (unpaired) electrons. The van der Waals surface area contributed by atoms with Crippen molar-refractivity contribution in [1.29, 1.82) is 0 Å². The van der Waals surface area contributed by atoms with Crippen molar-refractivity contribution in [2.24, 2.45) is 0 Å². The van der Waals surface area contributed by atoms with Crippen LogP contribution in [0.3, 0.4) is 0 Å². The highest BCUT2D eigenvalue weighted by molar-refractivity contribution is 5.80. The number of methoxy groups -OCH3 is 2. The van der Waals surface area contributed by atoms with E-state index in [1.807, 2.05) is 24.3 Å². The third kappa shape index (κ3) is 3.29. The fourth-order valence-corrected chi connectivity index (χ4v) is 1.76. The van der Waals surface area contributed by atoms with Crippen LogP contribution < -0.4 is 14.2 Å². The Morgan fingerprint density at radius 3 is 2.20 bits per heavy atom. The van der Waals surface area contributed by atoms with Gasteiger partial charge in [0, 0.05) is 0 Å². The van der Waals surface area contributed by atoms with Crippen molar-refractivity contribution in [2.45, 2.75) is 6.61 Å². The van der Waals surface area contributed by atoms with E-state index in [-0.39, 0.29) is 0 Å². The first-order chi connectivity index (χ1) is 9.76. The number of hydrogen-bond acceptors (Lipinski definition) is 4. The maximum absolute atomic E-state index is 11.0. The zero-order chi connectivity index (χ0) is 14.4. The third-order valence-corrected chi connectivity index (χ3v) is 2.90. The van der Waals surface area contributed by atoms with Crippen LogP contribution in [0, 0.1) is 0 Å². The molecule has 0 aromatic heterocycles. The predicted octanol–water partition coefficient (Wildman–Crippen LogP) is 3.10. The summed E-state index contributed by atoms with van der Waals surface area (Å²) in [7, 11) is 3.18. The maximum atomic E-state index is 11.0. The first kappa shape index (κ1) is 13.9. The molecular formula is C16H16O4. The zero-order valence-corrected chi connectivity index (χ0v) is 11.5. The quantitative estimate of drug-likeness (QED) is 0.758. The van der Waals surface area contributed by atoms with Gasteiger partial charge in [0.2, 0.25) is 0 Å². The average Bonchev–Trinajstić information content (AvgIpc) is 2.53. The fraction of sp³-hybridized carbons (Fsp3) is 0.188. The molecule has 0 aliphatic heterocycles. The van der Waals surface area contributed by atoms with Gasteiger partial charge in [0.05, 0.1) is 19.8 Å². The first-order valence-corrected chi connectivity index (χ1v) is 6.15. The van der Waals surface area contributed by atoms with Gasteiger partial charge in [0.1, 0.15) is 23.9 Å². The summed E-state index contributed by atoms with van der Waals surface area (Å²) >= 11 is 0. The topological polar surface area (TPSA) is 44.8 Å². The molecular weight excluding hydrogens is 256 g/mol. The first-order valence-electron chi connectivity index (χ1n) is 6.15. The molecule has 0 aliphatic carbocycles. The molecule has 0 saturated carbocycles. The van der Waals surface area contributed by atoms with Crippen LogP contribution in [0.15, 0.2) is 42.5 Å². The molecule has 104 valence electrons. The minimum atomic E-state index is 0.386. The van der Waals surface area contributed by atoms with Crippen molar-refractivity contribution in [3.05, 3.63) is 53.6 Å². The van der Waals surface area contributed by atoms with Crippen LogP contribution in [-0.4, -0.2) is 20.5 Å². The minimum absolute atomic E-state index is 0.386. The lowest BCUT2D eigenvalue weighted by atomic mass is 10.2. The summed E-state index contributed by atoms with van der Waals surface area (Å²) in [6, 6.07) is 12.7. The molecule has 0 fully saturated rings. The molecule has 0 unspecified atom stereocenters. The Bertz CT molecular complexity index is 576. The summed E-state index contributed by atoms with van der Waals surface area (Å²) in [5.41, 5.74) is 1.47. The van der Waals surface area contributed by atoms with Crippen LogP contribution in [0.1, 0.15) is 15.9 Å². The van der Waals surface area contributed by atoms with Gasteiger partial charge < -0.3 is 14.2 Å². The average molecular weight is 272 g/mol. The highest BCUT2D eigenvalue weighted by Gasteiger charge is 2.05. The van der Waals surface area contributed by atoms with Crippen LogP contribution in [0.4, 0.5) is 0 Å². The maximum Gasteiger partial charge on any atom is 0.153 e. The third-order valence-electron chi connectivity index (χ3n) is 2.90. The van der Waals surface area contributed by atoms with Crippen LogP contribution in [0.2, 0.25) is 0 Å². The van der Waals surface area contributed by atoms with E-state index in [2.05, 4.69) is 0 Å². The van der Waals surface area contributed by atoms with Crippen molar-refractivity contribution >= 4 is 6.29 Å². The van der Waals surface area contributed by atoms with Gasteiger partial charge in [0.15, 0.2) is 6.29 Å². The van der Waals surface area contributed by atoms with Gasteiger partial charge in [0.25, 0.3) is 0 Å². The van der Waals surface area contributed by atoms with E-state index in [1.165, 1.54) is 0 Å². The monoisotopic (exact) mass is 272 g/mol. The van der Waals surface area contributed by atoms with Crippen molar-refractivity contribution in [3.8, 4) is 17.2 Å². The van der Waals surface area contributed by atoms with Crippen molar-refractivity contribution in [1.82, 2.24) is 0 Å². The summed E-state index contributed by atoms with van der Waals surface area (Å²) < 4.78 is 15.8. The molecule has 0 saturated heterocycles. The van der Waals surface area contributed by atoms with E-state index in [9.17, 15) is 4.79 Å². The molecule has 0 atom stereocenters. The van der Waals surface area contributed by atoms with Crippen molar-refractivity contribution < 1.29 is 19.0 Å². The van der Waals surface area contributed by atoms with E-state index < -0.39 is 0 Å². The van der Waals surface area contributed by atoms with Gasteiger partial charge in [-0.2, -0.15) is 0 Å². The lowest BCUT2D eigenvalue weighted by Crippen LogP contribution is -1.99. The highest BCUT2D eigenvalue weighted by Crippen LogP contribution is 2.23. The van der Waals surface area contributed by atoms with E-state index in [1.54, 1.807) is 32.4 Å².